The van der Waals surface area contributed by atoms with Gasteiger partial charge in [0.15, 0.2) is 0 Å². The molecule has 4 nitrogen and oxygen atoms in total. The minimum atomic E-state index is -0.110. The summed E-state index contributed by atoms with van der Waals surface area (Å²) in [4.78, 5) is 16.9. The Morgan fingerprint density at radius 3 is 2.89 bits per heavy atom. The fraction of sp³-hybridized carbons (Fsp3) is 0. The van der Waals surface area contributed by atoms with E-state index in [1.807, 2.05) is 30.3 Å². The number of fused-ring (bicyclic) bond motifs is 4. The van der Waals surface area contributed by atoms with Crippen molar-refractivity contribution in [2.75, 3.05) is 0 Å². The standard InChI is InChI=1S/C14H7BrN2O2/c15-8-5-6-11-10(7-8)16-14-17(11)13(18)9-3-1-2-4-12(9)19-14/h1-7H. The molecule has 0 N–H and O–H groups in total. The molecular weight excluding hydrogens is 308 g/mol. The van der Waals surface area contributed by atoms with Gasteiger partial charge in [-0.05, 0) is 30.3 Å². The molecule has 4 aromatic rings. The molecule has 0 saturated heterocycles. The summed E-state index contributed by atoms with van der Waals surface area (Å²) in [6.07, 6.45) is 0. The first-order valence-electron chi connectivity index (χ1n) is 5.73. The molecule has 0 radical (unpaired) electrons. The minimum absolute atomic E-state index is 0.110. The first-order chi connectivity index (χ1) is 9.24. The topological polar surface area (TPSA) is 47.5 Å². The summed E-state index contributed by atoms with van der Waals surface area (Å²) >= 11 is 3.39. The second-order valence-electron chi connectivity index (χ2n) is 4.27. The smallest absolute Gasteiger partial charge is 0.310 e. The van der Waals surface area contributed by atoms with Crippen LogP contribution in [0.15, 0.2) is 56.1 Å². The molecule has 19 heavy (non-hydrogen) atoms. The van der Waals surface area contributed by atoms with E-state index in [-0.39, 0.29) is 5.56 Å². The fourth-order valence-electron chi connectivity index (χ4n) is 2.25. The van der Waals surface area contributed by atoms with Gasteiger partial charge in [-0.1, -0.05) is 28.1 Å². The number of benzene rings is 2. The molecule has 2 aromatic carbocycles. The van der Waals surface area contributed by atoms with Gasteiger partial charge in [0, 0.05) is 4.47 Å². The van der Waals surface area contributed by atoms with Gasteiger partial charge in [0.1, 0.15) is 5.58 Å². The first kappa shape index (κ1) is 10.8. The molecule has 0 atom stereocenters. The summed E-state index contributed by atoms with van der Waals surface area (Å²) in [7, 11) is 0. The minimum Gasteiger partial charge on any atom is -0.424 e. The molecule has 5 heteroatoms. The van der Waals surface area contributed by atoms with Gasteiger partial charge in [-0.25, -0.2) is 4.40 Å². The van der Waals surface area contributed by atoms with Crippen LogP contribution in [0.1, 0.15) is 0 Å². The molecule has 0 spiro atoms. The lowest BCUT2D eigenvalue weighted by molar-refractivity contribution is 0.616. The molecule has 0 unspecified atom stereocenters. The SMILES string of the molecule is O=c1c2ccccc2oc2nc3cc(Br)ccc3n12. The molecule has 2 heterocycles. The monoisotopic (exact) mass is 314 g/mol. The molecule has 4 rings (SSSR count). The van der Waals surface area contributed by atoms with E-state index in [2.05, 4.69) is 20.9 Å². The van der Waals surface area contributed by atoms with Crippen molar-refractivity contribution in [2.45, 2.75) is 0 Å². The summed E-state index contributed by atoms with van der Waals surface area (Å²) in [6.45, 7) is 0. The van der Waals surface area contributed by atoms with E-state index in [0.29, 0.717) is 16.8 Å². The Labute approximate surface area is 115 Å². The molecule has 0 saturated carbocycles. The highest BCUT2D eigenvalue weighted by Gasteiger charge is 2.12. The molecule has 0 aliphatic heterocycles. The number of imidazole rings is 1. The largest absolute Gasteiger partial charge is 0.424 e. The van der Waals surface area contributed by atoms with Crippen LogP contribution in [-0.4, -0.2) is 9.38 Å². The first-order valence-corrected chi connectivity index (χ1v) is 6.53. The Bertz CT molecular complexity index is 1000. The Balaban J connectivity index is 2.33. The molecule has 0 fully saturated rings. The van der Waals surface area contributed by atoms with E-state index in [1.54, 1.807) is 12.1 Å². The van der Waals surface area contributed by atoms with Crippen molar-refractivity contribution < 1.29 is 4.42 Å². The quantitative estimate of drug-likeness (QED) is 0.500. The van der Waals surface area contributed by atoms with E-state index < -0.39 is 0 Å². The normalized spacial score (nSPS) is 11.6. The zero-order chi connectivity index (χ0) is 13.0. The van der Waals surface area contributed by atoms with Crippen LogP contribution >= 0.6 is 15.9 Å². The highest BCUT2D eigenvalue weighted by Crippen LogP contribution is 2.21. The van der Waals surface area contributed by atoms with Gasteiger partial charge in [0.2, 0.25) is 0 Å². The van der Waals surface area contributed by atoms with Crippen LogP contribution in [0, 0.1) is 0 Å². The van der Waals surface area contributed by atoms with Gasteiger partial charge < -0.3 is 4.42 Å². The Hall–Kier alpha value is -2.14. The average molecular weight is 315 g/mol. The maximum atomic E-state index is 12.5. The predicted octanol–water partition coefficient (Wildman–Crippen LogP) is 3.36. The number of aromatic nitrogens is 2. The maximum absolute atomic E-state index is 12.5. The van der Waals surface area contributed by atoms with Gasteiger partial charge in [-0.15, -0.1) is 0 Å². The lowest BCUT2D eigenvalue weighted by Crippen LogP contribution is -2.12. The molecule has 2 aromatic heterocycles. The number of hydrogen-bond donors (Lipinski definition) is 0. The third-order valence-electron chi connectivity index (χ3n) is 3.11. The second kappa shape index (κ2) is 3.68. The average Bonchev–Trinajstić information content (AvgIpc) is 2.76. The highest BCUT2D eigenvalue weighted by atomic mass is 79.9. The molecular formula is C14H7BrN2O2. The number of hydrogen-bond acceptors (Lipinski definition) is 3. The summed E-state index contributed by atoms with van der Waals surface area (Å²) in [5, 5.41) is 0.553. The Morgan fingerprint density at radius 2 is 2.00 bits per heavy atom. The van der Waals surface area contributed by atoms with Crippen LogP contribution in [0.25, 0.3) is 27.8 Å². The van der Waals surface area contributed by atoms with Gasteiger partial charge in [-0.3, -0.25) is 4.79 Å². The number of halogens is 1. The van der Waals surface area contributed by atoms with E-state index in [1.165, 1.54) is 4.40 Å². The molecule has 0 bridgehead atoms. The van der Waals surface area contributed by atoms with Gasteiger partial charge >= 0.3 is 5.84 Å². The van der Waals surface area contributed by atoms with E-state index >= 15 is 0 Å². The van der Waals surface area contributed by atoms with Crippen molar-refractivity contribution in [3.63, 3.8) is 0 Å². The van der Waals surface area contributed by atoms with Gasteiger partial charge in [0.25, 0.3) is 5.56 Å². The highest BCUT2D eigenvalue weighted by molar-refractivity contribution is 9.10. The van der Waals surface area contributed by atoms with Crippen molar-refractivity contribution in [2.24, 2.45) is 0 Å². The van der Waals surface area contributed by atoms with Crippen LogP contribution in [0.5, 0.6) is 0 Å². The van der Waals surface area contributed by atoms with Crippen LogP contribution in [0.2, 0.25) is 0 Å². The number of nitrogens with zero attached hydrogens (tertiary/aromatic N) is 2. The zero-order valence-corrected chi connectivity index (χ0v) is 11.2. The molecule has 0 amide bonds. The Morgan fingerprint density at radius 1 is 1.16 bits per heavy atom. The van der Waals surface area contributed by atoms with Crippen LogP contribution in [0.3, 0.4) is 0 Å². The van der Waals surface area contributed by atoms with E-state index in [4.69, 9.17) is 4.42 Å². The number of rotatable bonds is 0. The summed E-state index contributed by atoms with van der Waals surface area (Å²) in [5.74, 6) is 0.316. The van der Waals surface area contributed by atoms with Crippen molar-refractivity contribution in [1.29, 1.82) is 0 Å². The molecule has 0 aliphatic rings. The lowest BCUT2D eigenvalue weighted by atomic mass is 10.2. The third kappa shape index (κ3) is 1.45. The molecule has 92 valence electrons. The summed E-state index contributed by atoms with van der Waals surface area (Å²) in [6, 6.07) is 12.8. The fourth-order valence-corrected chi connectivity index (χ4v) is 2.60. The Kier molecular flexibility index (Phi) is 2.08. The summed E-state index contributed by atoms with van der Waals surface area (Å²) < 4.78 is 8.11. The lowest BCUT2D eigenvalue weighted by Gasteiger charge is -1.98. The van der Waals surface area contributed by atoms with E-state index in [0.717, 1.165) is 15.5 Å². The maximum Gasteiger partial charge on any atom is 0.310 e. The van der Waals surface area contributed by atoms with Crippen molar-refractivity contribution in [3.05, 3.63) is 57.3 Å². The van der Waals surface area contributed by atoms with Gasteiger partial charge in [-0.2, -0.15) is 4.98 Å². The predicted molar refractivity (Wildman–Crippen MR) is 76.4 cm³/mol. The zero-order valence-electron chi connectivity index (χ0n) is 9.63. The van der Waals surface area contributed by atoms with Crippen molar-refractivity contribution in [3.8, 4) is 0 Å². The van der Waals surface area contributed by atoms with Crippen LogP contribution < -0.4 is 5.56 Å². The van der Waals surface area contributed by atoms with Crippen molar-refractivity contribution in [1.82, 2.24) is 9.38 Å². The molecule has 0 aliphatic carbocycles. The van der Waals surface area contributed by atoms with Crippen LogP contribution in [0.4, 0.5) is 0 Å². The summed E-state index contributed by atoms with van der Waals surface area (Å²) in [5.41, 5.74) is 1.92. The van der Waals surface area contributed by atoms with Gasteiger partial charge in [0.05, 0.1) is 16.4 Å². The van der Waals surface area contributed by atoms with Crippen LogP contribution in [-0.2, 0) is 0 Å². The van der Waals surface area contributed by atoms with Crippen molar-refractivity contribution >= 4 is 43.8 Å². The second-order valence-corrected chi connectivity index (χ2v) is 5.18. The third-order valence-corrected chi connectivity index (χ3v) is 3.60. The number of para-hydroxylation sites is 1. The van der Waals surface area contributed by atoms with E-state index in [9.17, 15) is 4.79 Å².